The summed E-state index contributed by atoms with van der Waals surface area (Å²) in [5, 5.41) is 0. The van der Waals surface area contributed by atoms with Crippen LogP contribution in [-0.2, 0) is 5.75 Å². The highest BCUT2D eigenvalue weighted by Crippen LogP contribution is 2.10. The third-order valence-corrected chi connectivity index (χ3v) is 2.59. The Balaban J connectivity index is 2.33. The first-order valence-electron chi connectivity index (χ1n) is 4.30. The summed E-state index contributed by atoms with van der Waals surface area (Å²) in [6.07, 6.45) is 0. The maximum Gasteiger partial charge on any atom is 0.123 e. The minimum atomic E-state index is -0.175. The average molecular weight is 199 g/mol. The van der Waals surface area contributed by atoms with Crippen LogP contribution in [0.5, 0.6) is 0 Å². The first-order valence-corrected chi connectivity index (χ1v) is 5.29. The van der Waals surface area contributed by atoms with Gasteiger partial charge in [0.1, 0.15) is 5.82 Å². The molecule has 0 saturated carbocycles. The van der Waals surface area contributed by atoms with Crippen LogP contribution in [0.4, 0.5) is 4.39 Å². The van der Waals surface area contributed by atoms with E-state index in [0.29, 0.717) is 6.04 Å². The van der Waals surface area contributed by atoms with Gasteiger partial charge in [-0.2, -0.15) is 0 Å². The number of hydrogen-bond donors (Lipinski definition) is 1. The summed E-state index contributed by atoms with van der Waals surface area (Å²) >= 11 is 1.65. The first-order chi connectivity index (χ1) is 6.18. The summed E-state index contributed by atoms with van der Waals surface area (Å²) in [5.41, 5.74) is 1.14. The molecule has 72 valence electrons. The Morgan fingerprint density at radius 2 is 1.92 bits per heavy atom. The van der Waals surface area contributed by atoms with Crippen LogP contribution < -0.4 is 4.72 Å². The van der Waals surface area contributed by atoms with Crippen molar-refractivity contribution in [1.82, 2.24) is 4.72 Å². The molecule has 1 aromatic rings. The lowest BCUT2D eigenvalue weighted by molar-refractivity contribution is 0.627. The smallest absolute Gasteiger partial charge is 0.123 e. The summed E-state index contributed by atoms with van der Waals surface area (Å²) in [4.78, 5) is 0. The number of nitrogens with one attached hydrogen (secondary N) is 1. The molecule has 1 N–H and O–H groups in total. The van der Waals surface area contributed by atoms with E-state index in [1.807, 2.05) is 12.1 Å². The fraction of sp³-hybridized carbons (Fsp3) is 0.400. The van der Waals surface area contributed by atoms with Crippen molar-refractivity contribution in [2.24, 2.45) is 0 Å². The van der Waals surface area contributed by atoms with Crippen LogP contribution in [0.15, 0.2) is 24.3 Å². The van der Waals surface area contributed by atoms with E-state index < -0.39 is 0 Å². The topological polar surface area (TPSA) is 12.0 Å². The van der Waals surface area contributed by atoms with Crippen LogP contribution in [0.25, 0.3) is 0 Å². The Morgan fingerprint density at radius 3 is 2.46 bits per heavy atom. The lowest BCUT2D eigenvalue weighted by Crippen LogP contribution is -2.14. The monoisotopic (exact) mass is 199 g/mol. The van der Waals surface area contributed by atoms with Crippen molar-refractivity contribution in [3.63, 3.8) is 0 Å². The summed E-state index contributed by atoms with van der Waals surface area (Å²) in [6.45, 7) is 4.19. The zero-order valence-electron chi connectivity index (χ0n) is 7.88. The summed E-state index contributed by atoms with van der Waals surface area (Å²) in [5.74, 6) is 0.698. The van der Waals surface area contributed by atoms with Gasteiger partial charge in [0.15, 0.2) is 0 Å². The Morgan fingerprint density at radius 1 is 1.31 bits per heavy atom. The zero-order chi connectivity index (χ0) is 9.68. The third-order valence-electron chi connectivity index (χ3n) is 1.47. The van der Waals surface area contributed by atoms with Crippen LogP contribution in [0.2, 0.25) is 0 Å². The van der Waals surface area contributed by atoms with Gasteiger partial charge in [-0.1, -0.05) is 24.1 Å². The van der Waals surface area contributed by atoms with E-state index in [2.05, 4.69) is 18.6 Å². The fourth-order valence-electron chi connectivity index (χ4n) is 0.872. The largest absolute Gasteiger partial charge is 0.261 e. The number of hydrogen-bond acceptors (Lipinski definition) is 2. The molecule has 0 bridgehead atoms. The lowest BCUT2D eigenvalue weighted by Gasteiger charge is -2.06. The molecule has 0 aliphatic heterocycles. The molecule has 0 amide bonds. The normalized spacial score (nSPS) is 10.8. The van der Waals surface area contributed by atoms with E-state index in [1.165, 1.54) is 12.1 Å². The molecule has 0 unspecified atom stereocenters. The second-order valence-corrected chi connectivity index (χ2v) is 4.00. The maximum atomic E-state index is 12.5. The predicted molar refractivity (Wildman–Crippen MR) is 56.0 cm³/mol. The van der Waals surface area contributed by atoms with Gasteiger partial charge in [0, 0.05) is 11.8 Å². The summed E-state index contributed by atoms with van der Waals surface area (Å²) in [6, 6.07) is 7.08. The van der Waals surface area contributed by atoms with E-state index >= 15 is 0 Å². The van der Waals surface area contributed by atoms with Crippen molar-refractivity contribution in [3.05, 3.63) is 35.6 Å². The highest BCUT2D eigenvalue weighted by Gasteiger charge is 1.95. The van der Waals surface area contributed by atoms with Crippen LogP contribution in [0.1, 0.15) is 19.4 Å². The van der Waals surface area contributed by atoms with Crippen LogP contribution in [0, 0.1) is 5.82 Å². The van der Waals surface area contributed by atoms with E-state index in [1.54, 1.807) is 11.9 Å². The number of halogens is 1. The van der Waals surface area contributed by atoms with E-state index in [9.17, 15) is 4.39 Å². The highest BCUT2D eigenvalue weighted by atomic mass is 32.2. The van der Waals surface area contributed by atoms with Gasteiger partial charge >= 0.3 is 0 Å². The lowest BCUT2D eigenvalue weighted by atomic mass is 10.2. The molecule has 3 heteroatoms. The SMILES string of the molecule is CC(C)NSCc1ccc(F)cc1. The molecule has 13 heavy (non-hydrogen) atoms. The van der Waals surface area contributed by atoms with E-state index in [4.69, 9.17) is 0 Å². The minimum absolute atomic E-state index is 0.175. The van der Waals surface area contributed by atoms with Gasteiger partial charge in [-0.3, -0.25) is 4.72 Å². The van der Waals surface area contributed by atoms with Gasteiger partial charge < -0.3 is 0 Å². The average Bonchev–Trinajstić information content (AvgIpc) is 2.08. The minimum Gasteiger partial charge on any atom is -0.261 e. The van der Waals surface area contributed by atoms with E-state index in [-0.39, 0.29) is 5.82 Å². The molecular formula is C10H14FNS. The van der Waals surface area contributed by atoms with E-state index in [0.717, 1.165) is 11.3 Å². The molecule has 0 aromatic heterocycles. The molecule has 0 radical (unpaired) electrons. The number of benzene rings is 1. The molecule has 0 aliphatic carbocycles. The van der Waals surface area contributed by atoms with Gasteiger partial charge in [0.2, 0.25) is 0 Å². The van der Waals surface area contributed by atoms with Crippen molar-refractivity contribution in [2.45, 2.75) is 25.6 Å². The Kier molecular flexibility index (Phi) is 4.25. The van der Waals surface area contributed by atoms with Crippen molar-refractivity contribution in [1.29, 1.82) is 0 Å². The quantitative estimate of drug-likeness (QED) is 0.748. The van der Waals surface area contributed by atoms with Gasteiger partial charge in [-0.15, -0.1) is 0 Å². The molecule has 0 fully saturated rings. The van der Waals surface area contributed by atoms with Crippen LogP contribution in [-0.4, -0.2) is 6.04 Å². The van der Waals surface area contributed by atoms with Crippen molar-refractivity contribution in [3.8, 4) is 0 Å². The van der Waals surface area contributed by atoms with Crippen molar-refractivity contribution in [2.75, 3.05) is 0 Å². The Hall–Kier alpha value is -0.540. The van der Waals surface area contributed by atoms with Gasteiger partial charge in [-0.25, -0.2) is 4.39 Å². The maximum absolute atomic E-state index is 12.5. The molecule has 1 rings (SSSR count). The number of rotatable bonds is 4. The molecule has 0 heterocycles. The summed E-state index contributed by atoms with van der Waals surface area (Å²) in [7, 11) is 0. The van der Waals surface area contributed by atoms with Crippen LogP contribution in [0.3, 0.4) is 0 Å². The first kappa shape index (κ1) is 10.5. The Bertz CT molecular complexity index is 246. The highest BCUT2D eigenvalue weighted by molar-refractivity contribution is 7.96. The fourth-order valence-corrected chi connectivity index (χ4v) is 1.65. The molecule has 1 aromatic carbocycles. The molecule has 0 atom stereocenters. The van der Waals surface area contributed by atoms with Gasteiger partial charge in [0.05, 0.1) is 0 Å². The summed E-state index contributed by atoms with van der Waals surface area (Å²) < 4.78 is 15.7. The molecule has 1 nitrogen and oxygen atoms in total. The second kappa shape index (κ2) is 5.25. The molecular weight excluding hydrogens is 185 g/mol. The Labute approximate surface area is 82.9 Å². The molecule has 0 saturated heterocycles. The van der Waals surface area contributed by atoms with Crippen LogP contribution >= 0.6 is 11.9 Å². The van der Waals surface area contributed by atoms with Crippen molar-refractivity contribution < 1.29 is 4.39 Å². The van der Waals surface area contributed by atoms with Gasteiger partial charge in [0.25, 0.3) is 0 Å². The van der Waals surface area contributed by atoms with Gasteiger partial charge in [-0.05, 0) is 31.5 Å². The zero-order valence-corrected chi connectivity index (χ0v) is 8.70. The second-order valence-electron chi connectivity index (χ2n) is 3.19. The van der Waals surface area contributed by atoms with Crippen molar-refractivity contribution >= 4 is 11.9 Å². The molecule has 0 aliphatic rings. The standard InChI is InChI=1S/C10H14FNS/c1-8(2)12-13-7-9-3-5-10(11)6-4-9/h3-6,8,12H,7H2,1-2H3. The predicted octanol–water partition coefficient (Wildman–Crippen LogP) is 2.97. The third kappa shape index (κ3) is 4.29. The molecule has 0 spiro atoms.